The predicted octanol–water partition coefficient (Wildman–Crippen LogP) is 4.41. The zero-order valence-electron chi connectivity index (χ0n) is 18.6. The molecule has 1 fully saturated rings. The van der Waals surface area contributed by atoms with Gasteiger partial charge in [-0.15, -0.1) is 0 Å². The topological polar surface area (TPSA) is 61.9 Å². The molecule has 0 aromatic heterocycles. The highest BCUT2D eigenvalue weighted by molar-refractivity contribution is 7.80. The third-order valence-corrected chi connectivity index (χ3v) is 6.06. The van der Waals surface area contributed by atoms with Crippen molar-refractivity contribution in [2.45, 2.75) is 18.9 Å². The number of hydrogen-bond donors (Lipinski definition) is 1. The highest BCUT2D eigenvalue weighted by atomic mass is 32.1. The molecule has 6 nitrogen and oxygen atoms in total. The van der Waals surface area contributed by atoms with Crippen LogP contribution in [0.3, 0.4) is 0 Å². The molecule has 174 valence electrons. The van der Waals surface area contributed by atoms with Crippen molar-refractivity contribution in [3.8, 4) is 5.75 Å². The highest BCUT2D eigenvalue weighted by Crippen LogP contribution is 2.28. The van der Waals surface area contributed by atoms with E-state index in [1.54, 1.807) is 48.4 Å². The van der Waals surface area contributed by atoms with Gasteiger partial charge in [0.1, 0.15) is 17.6 Å². The number of anilines is 2. The normalized spacial score (nSPS) is 15.5. The van der Waals surface area contributed by atoms with E-state index in [2.05, 4.69) is 5.32 Å². The molecular formula is C26H24FN3O3S. The molecule has 8 heteroatoms. The Morgan fingerprint density at radius 1 is 1.03 bits per heavy atom. The molecule has 0 spiro atoms. The summed E-state index contributed by atoms with van der Waals surface area (Å²) in [6, 6.07) is 21.6. The van der Waals surface area contributed by atoms with E-state index in [9.17, 15) is 14.0 Å². The van der Waals surface area contributed by atoms with Crippen molar-refractivity contribution < 1.29 is 18.7 Å². The summed E-state index contributed by atoms with van der Waals surface area (Å²) in [6.45, 7) is 0.417. The van der Waals surface area contributed by atoms with Crippen LogP contribution < -0.4 is 15.0 Å². The molecule has 34 heavy (non-hydrogen) atoms. The number of nitrogens with zero attached hydrogens (tertiary/aromatic N) is 2. The number of carbonyl (C=O) groups excluding carboxylic acids is 2. The summed E-state index contributed by atoms with van der Waals surface area (Å²) in [7, 11) is 1.57. The molecule has 1 atom stereocenters. The highest BCUT2D eigenvalue weighted by Gasteiger charge is 2.43. The van der Waals surface area contributed by atoms with Crippen LogP contribution in [-0.2, 0) is 16.0 Å². The number of carbonyl (C=O) groups is 2. The molecule has 1 saturated heterocycles. The molecule has 0 bridgehead atoms. The van der Waals surface area contributed by atoms with Gasteiger partial charge in [-0.2, -0.15) is 0 Å². The van der Waals surface area contributed by atoms with Crippen LogP contribution in [0.4, 0.5) is 15.8 Å². The van der Waals surface area contributed by atoms with Crippen molar-refractivity contribution >= 4 is 40.5 Å². The molecule has 2 amide bonds. The first-order valence-electron chi connectivity index (χ1n) is 10.8. The lowest BCUT2D eigenvalue weighted by Crippen LogP contribution is -2.39. The van der Waals surface area contributed by atoms with Gasteiger partial charge in [0.05, 0.1) is 19.2 Å². The lowest BCUT2D eigenvalue weighted by molar-refractivity contribution is -0.124. The number of para-hydroxylation sites is 1. The summed E-state index contributed by atoms with van der Waals surface area (Å²) in [5.74, 6) is -0.174. The van der Waals surface area contributed by atoms with Crippen molar-refractivity contribution in [1.82, 2.24) is 4.90 Å². The zero-order chi connectivity index (χ0) is 24.1. The number of halogens is 1. The maximum Gasteiger partial charge on any atom is 0.256 e. The van der Waals surface area contributed by atoms with Gasteiger partial charge in [0.15, 0.2) is 5.11 Å². The minimum absolute atomic E-state index is 0.0578. The summed E-state index contributed by atoms with van der Waals surface area (Å²) in [5, 5.41) is 3.18. The Bertz CT molecular complexity index is 1170. The molecule has 3 aromatic carbocycles. The molecule has 1 aliphatic heterocycles. The fraction of sp³-hybridized carbons (Fsp3) is 0.192. The molecular weight excluding hydrogens is 453 g/mol. The van der Waals surface area contributed by atoms with Gasteiger partial charge in [0, 0.05) is 12.2 Å². The fourth-order valence-corrected chi connectivity index (χ4v) is 4.28. The van der Waals surface area contributed by atoms with Gasteiger partial charge < -0.3 is 15.0 Å². The Morgan fingerprint density at radius 2 is 1.71 bits per heavy atom. The third kappa shape index (κ3) is 5.23. The van der Waals surface area contributed by atoms with Crippen LogP contribution in [0.25, 0.3) is 0 Å². The van der Waals surface area contributed by atoms with Gasteiger partial charge in [0.25, 0.3) is 5.91 Å². The largest absolute Gasteiger partial charge is 0.497 e. The molecule has 0 aliphatic carbocycles. The number of thiocarbonyl (C=S) groups is 1. The van der Waals surface area contributed by atoms with Crippen LogP contribution >= 0.6 is 12.2 Å². The number of hydrogen-bond acceptors (Lipinski definition) is 4. The number of amides is 2. The quantitative estimate of drug-likeness (QED) is 0.487. The van der Waals surface area contributed by atoms with Gasteiger partial charge in [0.2, 0.25) is 5.91 Å². The first kappa shape index (κ1) is 23.4. The van der Waals surface area contributed by atoms with Crippen LogP contribution in [-0.4, -0.2) is 41.5 Å². The van der Waals surface area contributed by atoms with Crippen LogP contribution in [0.5, 0.6) is 5.75 Å². The van der Waals surface area contributed by atoms with Crippen molar-refractivity contribution in [1.29, 1.82) is 0 Å². The van der Waals surface area contributed by atoms with E-state index < -0.39 is 6.04 Å². The van der Waals surface area contributed by atoms with Crippen molar-refractivity contribution in [2.24, 2.45) is 0 Å². The van der Waals surface area contributed by atoms with E-state index in [0.29, 0.717) is 35.2 Å². The number of methoxy groups -OCH3 is 1. The Hall–Kier alpha value is -3.78. The predicted molar refractivity (Wildman–Crippen MR) is 133 cm³/mol. The lowest BCUT2D eigenvalue weighted by atomic mass is 10.1. The number of nitrogens with one attached hydrogen (secondary N) is 1. The van der Waals surface area contributed by atoms with Crippen LogP contribution in [0.15, 0.2) is 78.9 Å². The number of benzene rings is 3. The fourth-order valence-electron chi connectivity index (χ4n) is 3.86. The average molecular weight is 478 g/mol. The molecule has 1 aliphatic rings. The van der Waals surface area contributed by atoms with E-state index in [0.717, 1.165) is 5.56 Å². The van der Waals surface area contributed by atoms with E-state index in [4.69, 9.17) is 17.0 Å². The Balaban J connectivity index is 1.52. The minimum atomic E-state index is -0.744. The van der Waals surface area contributed by atoms with Crippen molar-refractivity contribution in [3.05, 3.63) is 90.2 Å². The van der Waals surface area contributed by atoms with Crippen LogP contribution in [0, 0.1) is 5.82 Å². The Morgan fingerprint density at radius 3 is 2.35 bits per heavy atom. The minimum Gasteiger partial charge on any atom is -0.497 e. The van der Waals surface area contributed by atoms with E-state index in [1.807, 2.05) is 30.3 Å². The van der Waals surface area contributed by atoms with Gasteiger partial charge in [-0.05, 0) is 72.7 Å². The van der Waals surface area contributed by atoms with Crippen LogP contribution in [0.2, 0.25) is 0 Å². The maximum absolute atomic E-state index is 13.4. The summed E-state index contributed by atoms with van der Waals surface area (Å²) in [5.41, 5.74) is 2.18. The first-order chi connectivity index (χ1) is 16.5. The third-order valence-electron chi connectivity index (χ3n) is 5.64. The summed E-state index contributed by atoms with van der Waals surface area (Å²) >= 11 is 5.67. The van der Waals surface area contributed by atoms with Gasteiger partial charge in [-0.1, -0.05) is 30.3 Å². The van der Waals surface area contributed by atoms with E-state index in [1.165, 1.54) is 17.0 Å². The molecule has 0 radical (unpaired) electrons. The lowest BCUT2D eigenvalue weighted by Gasteiger charge is -2.24. The summed E-state index contributed by atoms with van der Waals surface area (Å²) in [4.78, 5) is 29.5. The molecule has 1 N–H and O–H groups in total. The van der Waals surface area contributed by atoms with Crippen molar-refractivity contribution in [2.75, 3.05) is 23.9 Å². The first-order valence-corrected chi connectivity index (χ1v) is 11.2. The maximum atomic E-state index is 13.4. The Kier molecular flexibility index (Phi) is 7.18. The van der Waals surface area contributed by atoms with E-state index >= 15 is 0 Å². The van der Waals surface area contributed by atoms with Crippen molar-refractivity contribution in [3.63, 3.8) is 0 Å². The smallest absolute Gasteiger partial charge is 0.256 e. The molecule has 3 aromatic rings. The second kappa shape index (κ2) is 10.4. The molecule has 1 heterocycles. The second-order valence-electron chi connectivity index (χ2n) is 7.86. The monoisotopic (exact) mass is 477 g/mol. The van der Waals surface area contributed by atoms with E-state index in [-0.39, 0.29) is 24.1 Å². The average Bonchev–Trinajstić information content (AvgIpc) is 3.08. The summed E-state index contributed by atoms with van der Waals surface area (Å²) < 4.78 is 18.4. The number of rotatable bonds is 8. The van der Waals surface area contributed by atoms with Gasteiger partial charge >= 0.3 is 0 Å². The summed E-state index contributed by atoms with van der Waals surface area (Å²) in [6.07, 6.45) is 0.491. The molecule has 4 rings (SSSR count). The Labute approximate surface area is 202 Å². The van der Waals surface area contributed by atoms with Crippen LogP contribution in [0.1, 0.15) is 12.0 Å². The standard InChI is InChI=1S/C26H24FN3O3S/c1-33-22-13-11-20(12-14-22)28-24(31)17-23-25(32)30(21-5-3-2-4-6-21)26(34)29(23)16-15-18-7-9-19(27)10-8-18/h2-14,23H,15-17H2,1H3,(H,28,31)/t23-/m1/s1. The molecule has 0 unspecified atom stereocenters. The molecule has 0 saturated carbocycles. The SMILES string of the molecule is COc1ccc(NC(=O)C[C@@H]2C(=O)N(c3ccccc3)C(=S)N2CCc2ccc(F)cc2)cc1. The second-order valence-corrected chi connectivity index (χ2v) is 8.22. The van der Waals surface area contributed by atoms with Gasteiger partial charge in [-0.25, -0.2) is 4.39 Å². The zero-order valence-corrected chi connectivity index (χ0v) is 19.4. The number of ether oxygens (including phenoxy) is 1. The van der Waals surface area contributed by atoms with Gasteiger partial charge in [-0.3, -0.25) is 14.5 Å².